The molecule has 218 valence electrons. The molecule has 0 heterocycles. The molecule has 0 aromatic heterocycles. The lowest BCUT2D eigenvalue weighted by molar-refractivity contribution is -0.144. The van der Waals surface area contributed by atoms with Gasteiger partial charge in [0.1, 0.15) is 18.8 Å². The Morgan fingerprint density at radius 1 is 0.850 bits per heavy atom. The van der Waals surface area contributed by atoms with Gasteiger partial charge in [-0.15, -0.1) is 0 Å². The maximum absolute atomic E-state index is 12.5. The highest BCUT2D eigenvalue weighted by molar-refractivity contribution is 5.82. The Bertz CT molecular complexity index is 1090. The van der Waals surface area contributed by atoms with Crippen molar-refractivity contribution in [3.8, 4) is 0 Å². The number of carbonyl (C=O) groups excluding carboxylic acids is 3. The minimum absolute atomic E-state index is 0.0852. The third-order valence-corrected chi connectivity index (χ3v) is 5.86. The van der Waals surface area contributed by atoms with Crippen LogP contribution < -0.4 is 16.0 Å². The van der Waals surface area contributed by atoms with Crippen molar-refractivity contribution in [2.24, 2.45) is 0 Å². The maximum Gasteiger partial charge on any atom is 0.407 e. The van der Waals surface area contributed by atoms with Gasteiger partial charge < -0.3 is 46.2 Å². The largest absolute Gasteiger partial charge is 0.481 e. The number of hydrogen-bond donors (Lipinski definition) is 8. The quantitative estimate of drug-likeness (QED) is 0.124. The number of rotatable bonds is 16. The van der Waals surface area contributed by atoms with Gasteiger partial charge in [0.2, 0.25) is 5.91 Å². The van der Waals surface area contributed by atoms with Gasteiger partial charge in [0.25, 0.3) is 5.91 Å². The van der Waals surface area contributed by atoms with E-state index in [9.17, 15) is 39.6 Å². The van der Waals surface area contributed by atoms with Crippen molar-refractivity contribution in [2.75, 3.05) is 13.2 Å². The number of aliphatic hydroxyl groups excluding tert-OH is 4. The Balaban J connectivity index is 1.79. The first-order chi connectivity index (χ1) is 19.1. The van der Waals surface area contributed by atoms with Gasteiger partial charge in [-0.25, -0.2) is 4.79 Å². The summed E-state index contributed by atoms with van der Waals surface area (Å²) in [6, 6.07) is 14.7. The fraction of sp³-hybridized carbons (Fsp3) is 0.407. The number of carboxylic acids is 1. The van der Waals surface area contributed by atoms with Crippen molar-refractivity contribution >= 4 is 23.9 Å². The number of nitrogens with one attached hydrogen (secondary N) is 3. The monoisotopic (exact) mass is 561 g/mol. The number of aliphatic carboxylic acids is 1. The molecule has 0 aliphatic heterocycles. The van der Waals surface area contributed by atoms with E-state index < -0.39 is 67.3 Å². The van der Waals surface area contributed by atoms with Gasteiger partial charge in [-0.2, -0.15) is 0 Å². The lowest BCUT2D eigenvalue weighted by atomic mass is 9.99. The summed E-state index contributed by atoms with van der Waals surface area (Å²) >= 11 is 0. The zero-order valence-electron chi connectivity index (χ0n) is 21.7. The van der Waals surface area contributed by atoms with Gasteiger partial charge >= 0.3 is 12.1 Å². The van der Waals surface area contributed by atoms with E-state index in [-0.39, 0.29) is 26.0 Å². The SMILES string of the molecule is O=C(O)C[C@H](NC(=O)[C@@H](O)[C@H](O)[C@H](O)[C@H](CO)NC(=O)CCCNC(=O)OCc1ccccc1)c1ccccc1. The molecular weight excluding hydrogens is 526 g/mol. The number of amides is 3. The first-order valence-corrected chi connectivity index (χ1v) is 12.6. The average molecular weight is 562 g/mol. The average Bonchev–Trinajstić information content (AvgIpc) is 2.96. The van der Waals surface area contributed by atoms with E-state index in [2.05, 4.69) is 16.0 Å². The van der Waals surface area contributed by atoms with E-state index in [1.807, 2.05) is 18.2 Å². The van der Waals surface area contributed by atoms with Crippen LogP contribution in [0.15, 0.2) is 60.7 Å². The van der Waals surface area contributed by atoms with Gasteiger partial charge in [0, 0.05) is 13.0 Å². The second-order valence-corrected chi connectivity index (χ2v) is 8.94. The van der Waals surface area contributed by atoms with E-state index in [0.29, 0.717) is 5.56 Å². The molecule has 2 aromatic carbocycles. The molecular formula is C27H35N3O10. The first-order valence-electron chi connectivity index (χ1n) is 12.6. The molecule has 0 spiro atoms. The number of alkyl carbamates (subject to hydrolysis) is 1. The molecule has 0 saturated carbocycles. The summed E-state index contributed by atoms with van der Waals surface area (Å²) in [7, 11) is 0. The van der Waals surface area contributed by atoms with Crippen LogP contribution in [0.3, 0.4) is 0 Å². The third-order valence-electron chi connectivity index (χ3n) is 5.86. The summed E-state index contributed by atoms with van der Waals surface area (Å²) in [4.78, 5) is 47.7. The highest BCUT2D eigenvalue weighted by Crippen LogP contribution is 2.17. The van der Waals surface area contributed by atoms with Crippen LogP contribution in [0.25, 0.3) is 0 Å². The Morgan fingerprint density at radius 2 is 1.48 bits per heavy atom. The van der Waals surface area contributed by atoms with Crippen LogP contribution in [-0.2, 0) is 25.7 Å². The summed E-state index contributed by atoms with van der Waals surface area (Å²) in [5.41, 5.74) is 1.26. The van der Waals surface area contributed by atoms with Crippen molar-refractivity contribution in [2.45, 2.75) is 56.3 Å². The zero-order chi connectivity index (χ0) is 29.5. The molecule has 0 aliphatic carbocycles. The third kappa shape index (κ3) is 11.0. The number of hydrogen-bond acceptors (Lipinski definition) is 9. The topological polar surface area (TPSA) is 215 Å². The van der Waals surface area contributed by atoms with Crippen LogP contribution in [0.1, 0.15) is 36.4 Å². The van der Waals surface area contributed by atoms with E-state index in [0.717, 1.165) is 5.56 Å². The van der Waals surface area contributed by atoms with Gasteiger partial charge in [-0.3, -0.25) is 14.4 Å². The minimum atomic E-state index is -2.20. The van der Waals surface area contributed by atoms with Gasteiger partial charge in [-0.05, 0) is 17.5 Å². The molecule has 0 unspecified atom stereocenters. The first kappa shape index (κ1) is 32.2. The Morgan fingerprint density at radius 3 is 2.08 bits per heavy atom. The molecule has 13 heteroatoms. The molecule has 3 amide bonds. The molecule has 2 rings (SSSR count). The van der Waals surface area contributed by atoms with Crippen LogP contribution in [0, 0.1) is 0 Å². The maximum atomic E-state index is 12.5. The Hall–Kier alpha value is -4.04. The lowest BCUT2D eigenvalue weighted by Crippen LogP contribution is -2.56. The van der Waals surface area contributed by atoms with Gasteiger partial charge in [-0.1, -0.05) is 60.7 Å². The van der Waals surface area contributed by atoms with Crippen LogP contribution >= 0.6 is 0 Å². The summed E-state index contributed by atoms with van der Waals surface area (Å²) in [5, 5.41) is 56.9. The van der Waals surface area contributed by atoms with Crippen molar-refractivity contribution in [3.05, 3.63) is 71.8 Å². The summed E-state index contributed by atoms with van der Waals surface area (Å²) in [6.07, 6.45) is -7.37. The molecule has 40 heavy (non-hydrogen) atoms. The highest BCUT2D eigenvalue weighted by atomic mass is 16.5. The molecule has 2 aromatic rings. The predicted octanol–water partition coefficient (Wildman–Crippen LogP) is -0.415. The van der Waals surface area contributed by atoms with Gasteiger partial charge in [0.15, 0.2) is 6.10 Å². The Kier molecular flexibility index (Phi) is 13.5. The van der Waals surface area contributed by atoms with Crippen LogP contribution in [0.4, 0.5) is 4.79 Å². The number of aliphatic hydroxyl groups is 4. The molecule has 0 bridgehead atoms. The van der Waals surface area contributed by atoms with Crippen molar-refractivity contribution < 1.29 is 49.4 Å². The van der Waals surface area contributed by atoms with E-state index in [1.165, 1.54) is 0 Å². The highest BCUT2D eigenvalue weighted by Gasteiger charge is 2.36. The second-order valence-electron chi connectivity index (χ2n) is 8.94. The fourth-order valence-corrected chi connectivity index (χ4v) is 3.68. The standard InChI is InChI=1S/C27H35N3O10/c31-15-20(29-21(32)12-7-13-28-27(39)40-16-17-8-3-1-4-9-17)23(35)24(36)25(37)26(38)30-19(14-22(33)34)18-10-5-2-6-11-18/h1-6,8-11,19-20,23-25,31,35-37H,7,12-16H2,(H,28,39)(H,29,32)(H,30,38)(H,33,34)/t19-,20-,23+,24+,25-/m0/s1. The second kappa shape index (κ2) is 16.8. The molecule has 0 aliphatic rings. The number of carbonyl (C=O) groups is 4. The molecule has 8 N–H and O–H groups in total. The smallest absolute Gasteiger partial charge is 0.407 e. The molecule has 0 fully saturated rings. The lowest BCUT2D eigenvalue weighted by Gasteiger charge is -2.29. The fourth-order valence-electron chi connectivity index (χ4n) is 3.68. The van der Waals surface area contributed by atoms with E-state index in [1.54, 1.807) is 42.5 Å². The van der Waals surface area contributed by atoms with Crippen molar-refractivity contribution in [1.29, 1.82) is 0 Å². The molecule has 0 saturated heterocycles. The molecule has 0 radical (unpaired) electrons. The summed E-state index contributed by atoms with van der Waals surface area (Å²) in [6.45, 7) is -0.635. The van der Waals surface area contributed by atoms with Crippen molar-refractivity contribution in [3.63, 3.8) is 0 Å². The minimum Gasteiger partial charge on any atom is -0.481 e. The summed E-state index contributed by atoms with van der Waals surface area (Å²) < 4.78 is 5.05. The van der Waals surface area contributed by atoms with Crippen molar-refractivity contribution in [1.82, 2.24) is 16.0 Å². The number of benzene rings is 2. The van der Waals surface area contributed by atoms with Gasteiger partial charge in [0.05, 0.1) is 25.1 Å². The zero-order valence-corrected chi connectivity index (χ0v) is 21.7. The molecule has 13 nitrogen and oxygen atoms in total. The molecule has 5 atom stereocenters. The summed E-state index contributed by atoms with van der Waals surface area (Å²) in [5.74, 6) is -3.00. The number of carboxylic acid groups (broad SMARTS) is 1. The van der Waals surface area contributed by atoms with E-state index >= 15 is 0 Å². The predicted molar refractivity (Wildman–Crippen MR) is 140 cm³/mol. The normalized spacial score (nSPS) is 14.6. The van der Waals surface area contributed by atoms with Crippen LogP contribution in [0.5, 0.6) is 0 Å². The van der Waals surface area contributed by atoms with Crippen LogP contribution in [0.2, 0.25) is 0 Å². The van der Waals surface area contributed by atoms with Crippen LogP contribution in [-0.4, -0.2) is 86.9 Å². The Labute approximate surface area is 230 Å². The van der Waals surface area contributed by atoms with E-state index in [4.69, 9.17) is 9.84 Å². The number of ether oxygens (including phenoxy) is 1.